The van der Waals surface area contributed by atoms with Gasteiger partial charge in [-0.2, -0.15) is 0 Å². The van der Waals surface area contributed by atoms with Crippen LogP contribution in [0.4, 0.5) is 17.1 Å². The molecule has 31 heavy (non-hydrogen) atoms. The van der Waals surface area contributed by atoms with Crippen LogP contribution < -0.4 is 14.2 Å². The Balaban J connectivity index is 1.61. The largest absolute Gasteiger partial charge is 0.304 e. The number of anilines is 3. The van der Waals surface area contributed by atoms with E-state index in [4.69, 9.17) is 0 Å². The Morgan fingerprint density at radius 2 is 1.06 bits per heavy atom. The molecular formula is C24H22N3O3P. The monoisotopic (exact) mass is 431 g/mol. The molecule has 0 spiro atoms. The molecule has 2 aliphatic heterocycles. The summed E-state index contributed by atoms with van der Waals surface area (Å²) in [6.07, 6.45) is -0.0718. The highest BCUT2D eigenvalue weighted by molar-refractivity contribution is 7.69. The minimum atomic E-state index is -3.48. The van der Waals surface area contributed by atoms with E-state index >= 15 is 0 Å². The van der Waals surface area contributed by atoms with E-state index in [1.807, 2.05) is 76.1 Å². The summed E-state index contributed by atoms with van der Waals surface area (Å²) >= 11 is 0. The zero-order chi connectivity index (χ0) is 21.4. The zero-order valence-corrected chi connectivity index (χ0v) is 17.8. The van der Waals surface area contributed by atoms with Crippen LogP contribution in [0.25, 0.3) is 0 Å². The van der Waals surface area contributed by atoms with E-state index in [0.29, 0.717) is 18.8 Å². The minimum Gasteiger partial charge on any atom is -0.304 e. The van der Waals surface area contributed by atoms with Gasteiger partial charge in [0.2, 0.25) is 11.8 Å². The van der Waals surface area contributed by atoms with Crippen molar-refractivity contribution >= 4 is 36.3 Å². The molecule has 2 fully saturated rings. The maximum atomic E-state index is 14.9. The Hall–Kier alpha value is -3.37. The van der Waals surface area contributed by atoms with Crippen molar-refractivity contribution in [3.05, 3.63) is 91.0 Å². The molecule has 1 atom stereocenters. The van der Waals surface area contributed by atoms with E-state index in [2.05, 4.69) is 0 Å². The molecule has 2 aliphatic rings. The van der Waals surface area contributed by atoms with Crippen LogP contribution in [0.15, 0.2) is 91.0 Å². The number of imide groups is 1. The van der Waals surface area contributed by atoms with Gasteiger partial charge in [0.15, 0.2) is 0 Å². The van der Waals surface area contributed by atoms with E-state index in [9.17, 15) is 14.2 Å². The fraction of sp³-hybridized carbons (Fsp3) is 0.167. The Labute approximate surface area is 181 Å². The van der Waals surface area contributed by atoms with Gasteiger partial charge in [0, 0.05) is 30.9 Å². The van der Waals surface area contributed by atoms with Crippen molar-refractivity contribution in [2.45, 2.75) is 12.1 Å². The summed E-state index contributed by atoms with van der Waals surface area (Å²) in [6, 6.07) is 27.8. The smallest absolute Gasteiger partial charge is 0.275 e. The first kappa shape index (κ1) is 19.6. The van der Waals surface area contributed by atoms with Gasteiger partial charge < -0.3 is 9.34 Å². The number of carbonyl (C=O) groups excluding carboxylic acids is 2. The van der Waals surface area contributed by atoms with Crippen molar-refractivity contribution in [1.29, 1.82) is 0 Å². The average molecular weight is 431 g/mol. The van der Waals surface area contributed by atoms with Crippen LogP contribution in [0.5, 0.6) is 0 Å². The molecule has 0 aliphatic carbocycles. The molecule has 2 heterocycles. The molecule has 0 saturated carbocycles. The minimum absolute atomic E-state index is 0.0718. The van der Waals surface area contributed by atoms with Gasteiger partial charge in [-0.1, -0.05) is 54.6 Å². The van der Waals surface area contributed by atoms with Gasteiger partial charge in [0.1, 0.15) is 5.66 Å². The van der Waals surface area contributed by atoms with Gasteiger partial charge >= 0.3 is 0 Å². The van der Waals surface area contributed by atoms with Crippen molar-refractivity contribution < 1.29 is 14.2 Å². The molecule has 2 saturated heterocycles. The SMILES string of the molecule is O=C1CC(P2(=O)N(c3ccccc3)CCN2c2ccccc2)C(=O)N1c1ccccc1. The lowest BCUT2D eigenvalue weighted by Gasteiger charge is -2.35. The maximum absolute atomic E-state index is 14.9. The molecule has 0 N–H and O–H groups in total. The predicted octanol–water partition coefficient (Wildman–Crippen LogP) is 4.54. The van der Waals surface area contributed by atoms with Crippen LogP contribution in [0.3, 0.4) is 0 Å². The van der Waals surface area contributed by atoms with E-state index < -0.39 is 19.0 Å². The number of amides is 2. The molecule has 5 rings (SSSR count). The number of hydrogen-bond acceptors (Lipinski definition) is 3. The summed E-state index contributed by atoms with van der Waals surface area (Å²) < 4.78 is 18.5. The van der Waals surface area contributed by atoms with E-state index in [1.165, 1.54) is 4.90 Å². The predicted molar refractivity (Wildman–Crippen MR) is 123 cm³/mol. The second-order valence-electron chi connectivity index (χ2n) is 7.63. The third-order valence-corrected chi connectivity index (χ3v) is 9.33. The van der Waals surface area contributed by atoms with Gasteiger partial charge in [-0.15, -0.1) is 0 Å². The van der Waals surface area contributed by atoms with Crippen LogP contribution in [0.1, 0.15) is 6.42 Å². The first-order chi connectivity index (χ1) is 15.1. The summed E-state index contributed by atoms with van der Waals surface area (Å²) in [6.45, 7) is 1.03. The fourth-order valence-electron chi connectivity index (χ4n) is 4.46. The summed E-state index contributed by atoms with van der Waals surface area (Å²) in [5.41, 5.74) is 1.18. The fourth-order valence-corrected chi connectivity index (χ4v) is 7.87. The van der Waals surface area contributed by atoms with Crippen LogP contribution in [0.2, 0.25) is 0 Å². The first-order valence-electron chi connectivity index (χ1n) is 10.3. The third kappa shape index (κ3) is 3.15. The number of carbonyl (C=O) groups is 2. The molecule has 3 aromatic carbocycles. The summed E-state index contributed by atoms with van der Waals surface area (Å²) in [5, 5.41) is 0. The molecule has 1 unspecified atom stereocenters. The number of benzene rings is 3. The van der Waals surface area contributed by atoms with Gasteiger partial charge in [-0.05, 0) is 36.4 Å². The van der Waals surface area contributed by atoms with Crippen molar-refractivity contribution in [1.82, 2.24) is 0 Å². The van der Waals surface area contributed by atoms with E-state index in [1.54, 1.807) is 24.3 Å². The molecule has 156 valence electrons. The molecule has 6 nitrogen and oxygen atoms in total. The number of rotatable bonds is 4. The maximum Gasteiger partial charge on any atom is 0.275 e. The highest BCUT2D eigenvalue weighted by atomic mass is 31.2. The topological polar surface area (TPSA) is 60.9 Å². The highest BCUT2D eigenvalue weighted by Gasteiger charge is 2.57. The molecular weight excluding hydrogens is 409 g/mol. The Morgan fingerprint density at radius 3 is 1.52 bits per heavy atom. The van der Waals surface area contributed by atoms with Crippen LogP contribution in [-0.2, 0) is 14.2 Å². The molecule has 0 bridgehead atoms. The van der Waals surface area contributed by atoms with E-state index in [-0.39, 0.29) is 12.3 Å². The second-order valence-corrected chi connectivity index (χ2v) is 10.4. The van der Waals surface area contributed by atoms with Gasteiger partial charge in [0.25, 0.3) is 7.44 Å². The summed E-state index contributed by atoms with van der Waals surface area (Å²) in [5.74, 6) is -0.715. The zero-order valence-electron chi connectivity index (χ0n) is 16.9. The van der Waals surface area contributed by atoms with Crippen molar-refractivity contribution in [2.24, 2.45) is 0 Å². The normalized spacial score (nSPS) is 20.5. The Bertz CT molecular complexity index is 1100. The van der Waals surface area contributed by atoms with E-state index in [0.717, 1.165) is 11.4 Å². The molecule has 0 aromatic heterocycles. The Kier molecular flexibility index (Phi) is 4.87. The molecule has 3 aromatic rings. The lowest BCUT2D eigenvalue weighted by atomic mass is 10.3. The van der Waals surface area contributed by atoms with Crippen molar-refractivity contribution in [3.63, 3.8) is 0 Å². The third-order valence-electron chi connectivity index (χ3n) is 5.87. The van der Waals surface area contributed by atoms with Gasteiger partial charge in [-0.25, -0.2) is 4.90 Å². The summed E-state index contributed by atoms with van der Waals surface area (Å²) in [7, 11) is -3.48. The van der Waals surface area contributed by atoms with Crippen LogP contribution >= 0.6 is 7.44 Å². The lowest BCUT2D eigenvalue weighted by molar-refractivity contribution is -0.121. The molecule has 7 heteroatoms. The van der Waals surface area contributed by atoms with Gasteiger partial charge in [-0.3, -0.25) is 14.2 Å². The highest BCUT2D eigenvalue weighted by Crippen LogP contribution is 2.65. The summed E-state index contributed by atoms with van der Waals surface area (Å²) in [4.78, 5) is 27.7. The van der Waals surface area contributed by atoms with Crippen LogP contribution in [-0.4, -0.2) is 30.6 Å². The lowest BCUT2D eigenvalue weighted by Crippen LogP contribution is -2.36. The number of nitrogens with zero attached hydrogens (tertiary/aromatic N) is 3. The number of para-hydroxylation sites is 3. The van der Waals surface area contributed by atoms with Crippen molar-refractivity contribution in [2.75, 3.05) is 27.3 Å². The second kappa shape index (κ2) is 7.71. The Morgan fingerprint density at radius 1 is 0.645 bits per heavy atom. The quantitative estimate of drug-likeness (QED) is 0.448. The standard InChI is InChI=1S/C24H22N3O3P/c28-23-18-22(24(29)27(23)21-14-8-3-9-15-21)31(30)25(19-10-4-1-5-11-19)16-17-26(31)20-12-6-2-7-13-20/h1-15,22H,16-18H2. The number of hydrogen-bond donors (Lipinski definition) is 0. The molecule has 2 amide bonds. The van der Waals surface area contributed by atoms with Gasteiger partial charge in [0.05, 0.1) is 5.69 Å². The van der Waals surface area contributed by atoms with Crippen molar-refractivity contribution in [3.8, 4) is 0 Å². The average Bonchev–Trinajstić information content (AvgIpc) is 3.32. The molecule has 0 radical (unpaired) electrons. The first-order valence-corrected chi connectivity index (χ1v) is 12.0. The van der Waals surface area contributed by atoms with Crippen LogP contribution in [0, 0.1) is 0 Å².